The maximum absolute atomic E-state index is 12.4. The van der Waals surface area contributed by atoms with Gasteiger partial charge in [0.05, 0.1) is 6.04 Å². The first-order valence-corrected chi connectivity index (χ1v) is 7.31. The number of nitrogens with zero attached hydrogens (tertiary/aromatic N) is 1. The average Bonchev–Trinajstić information content (AvgIpc) is 2.67. The third-order valence-corrected chi connectivity index (χ3v) is 2.98. The molecule has 5 nitrogen and oxygen atoms in total. The highest BCUT2D eigenvalue weighted by molar-refractivity contribution is 5.83. The second-order valence-corrected chi connectivity index (χ2v) is 7.32. The van der Waals surface area contributed by atoms with Gasteiger partial charge in [0.25, 0.3) is 0 Å². The second kappa shape index (κ2) is 6.08. The number of carbonyl (C=O) groups excluding carboxylic acids is 2. The average molecular weight is 297 g/mol. The Morgan fingerprint density at radius 1 is 1.05 bits per heavy atom. The first kappa shape index (κ1) is 17.5. The molecule has 1 heterocycles. The van der Waals surface area contributed by atoms with E-state index in [1.165, 1.54) is 4.90 Å². The smallest absolute Gasteiger partial charge is 0.411 e. The molecule has 1 saturated heterocycles. The van der Waals surface area contributed by atoms with Crippen molar-refractivity contribution in [2.24, 2.45) is 0 Å². The van der Waals surface area contributed by atoms with E-state index in [1.807, 2.05) is 20.8 Å². The highest BCUT2D eigenvalue weighted by Crippen LogP contribution is 2.29. The molecule has 0 unspecified atom stereocenters. The molecule has 21 heavy (non-hydrogen) atoms. The van der Waals surface area contributed by atoms with Gasteiger partial charge in [-0.3, -0.25) is 4.90 Å². The number of hydrogen-bond donors (Lipinski definition) is 0. The summed E-state index contributed by atoms with van der Waals surface area (Å²) < 4.78 is 10.8. The molecular weight excluding hydrogens is 270 g/mol. The van der Waals surface area contributed by atoms with E-state index in [0.717, 1.165) is 0 Å². The van der Waals surface area contributed by atoms with E-state index in [-0.39, 0.29) is 6.04 Å². The maximum Gasteiger partial charge on any atom is 0.411 e. The Morgan fingerprint density at radius 2 is 1.57 bits per heavy atom. The number of carbonyl (C=O) groups is 2. The van der Waals surface area contributed by atoms with Gasteiger partial charge in [-0.2, -0.15) is 0 Å². The van der Waals surface area contributed by atoms with Gasteiger partial charge in [-0.15, -0.1) is 6.58 Å². The molecule has 0 aromatic carbocycles. The number of hydrogen-bond acceptors (Lipinski definition) is 4. The summed E-state index contributed by atoms with van der Waals surface area (Å²) in [5.41, 5.74) is -1.19. The third-order valence-electron chi connectivity index (χ3n) is 2.98. The highest BCUT2D eigenvalue weighted by Gasteiger charge is 2.43. The Hall–Kier alpha value is -1.52. The lowest BCUT2D eigenvalue weighted by molar-refractivity contribution is -0.160. The quantitative estimate of drug-likeness (QED) is 0.580. The molecule has 0 saturated carbocycles. The topological polar surface area (TPSA) is 55.8 Å². The number of likely N-dealkylation sites (tertiary alicyclic amines) is 1. The van der Waals surface area contributed by atoms with Crippen LogP contribution in [0.2, 0.25) is 0 Å². The Bertz CT molecular complexity index is 417. The van der Waals surface area contributed by atoms with Crippen molar-refractivity contribution >= 4 is 12.1 Å². The number of ether oxygens (including phenoxy) is 2. The first-order chi connectivity index (χ1) is 9.44. The van der Waals surface area contributed by atoms with Crippen molar-refractivity contribution in [1.82, 2.24) is 4.90 Å². The summed E-state index contributed by atoms with van der Waals surface area (Å²) in [6.07, 6.45) is 2.42. The van der Waals surface area contributed by atoms with Crippen LogP contribution in [0.5, 0.6) is 0 Å². The van der Waals surface area contributed by atoms with Gasteiger partial charge in [-0.25, -0.2) is 9.59 Å². The van der Waals surface area contributed by atoms with Crippen LogP contribution in [-0.4, -0.2) is 40.2 Å². The zero-order valence-electron chi connectivity index (χ0n) is 13.9. The van der Waals surface area contributed by atoms with Crippen molar-refractivity contribution in [1.29, 1.82) is 0 Å². The lowest BCUT2D eigenvalue weighted by atomic mass is 10.1. The number of esters is 1. The van der Waals surface area contributed by atoms with Crippen molar-refractivity contribution in [2.45, 2.75) is 77.7 Å². The molecule has 0 aromatic rings. The van der Waals surface area contributed by atoms with Crippen molar-refractivity contribution in [3.63, 3.8) is 0 Å². The van der Waals surface area contributed by atoms with E-state index in [1.54, 1.807) is 26.8 Å². The van der Waals surface area contributed by atoms with Gasteiger partial charge in [-0.1, -0.05) is 6.08 Å². The van der Waals surface area contributed by atoms with E-state index in [4.69, 9.17) is 9.47 Å². The first-order valence-electron chi connectivity index (χ1n) is 7.31. The molecular formula is C16H27NO4. The summed E-state index contributed by atoms with van der Waals surface area (Å²) >= 11 is 0. The molecule has 1 fully saturated rings. The number of amides is 1. The van der Waals surface area contributed by atoms with Gasteiger partial charge < -0.3 is 9.47 Å². The molecule has 1 aliphatic rings. The Morgan fingerprint density at radius 3 is 2.00 bits per heavy atom. The van der Waals surface area contributed by atoms with Crippen LogP contribution in [0.15, 0.2) is 12.7 Å². The predicted molar refractivity (Wildman–Crippen MR) is 80.9 cm³/mol. The summed E-state index contributed by atoms with van der Waals surface area (Å²) in [6.45, 7) is 14.6. The van der Waals surface area contributed by atoms with Crippen LogP contribution >= 0.6 is 0 Å². The molecule has 120 valence electrons. The summed E-state index contributed by atoms with van der Waals surface area (Å²) in [5.74, 6) is -0.391. The summed E-state index contributed by atoms with van der Waals surface area (Å²) in [4.78, 5) is 26.1. The van der Waals surface area contributed by atoms with Crippen LogP contribution < -0.4 is 0 Å². The molecule has 0 N–H and O–H groups in total. The van der Waals surface area contributed by atoms with Gasteiger partial charge in [0.1, 0.15) is 17.2 Å². The lowest BCUT2D eigenvalue weighted by Crippen LogP contribution is -2.48. The van der Waals surface area contributed by atoms with E-state index in [0.29, 0.717) is 12.8 Å². The monoisotopic (exact) mass is 297 g/mol. The molecule has 0 spiro atoms. The zero-order chi connectivity index (χ0) is 16.4. The van der Waals surface area contributed by atoms with E-state index in [9.17, 15) is 9.59 Å². The summed E-state index contributed by atoms with van der Waals surface area (Å²) in [6, 6.07) is -0.806. The molecule has 0 aliphatic carbocycles. The van der Waals surface area contributed by atoms with Crippen LogP contribution in [0.4, 0.5) is 4.79 Å². The SMILES string of the molecule is C=C[C@@H]1CC[C@@H](C(=O)OC(C)(C)C)N1C(=O)OC(C)(C)C. The van der Waals surface area contributed by atoms with Crippen LogP contribution in [-0.2, 0) is 14.3 Å². The zero-order valence-corrected chi connectivity index (χ0v) is 13.9. The van der Waals surface area contributed by atoms with E-state index in [2.05, 4.69) is 6.58 Å². The second-order valence-electron chi connectivity index (χ2n) is 7.32. The Balaban J connectivity index is 2.90. The fourth-order valence-electron chi connectivity index (χ4n) is 2.25. The largest absolute Gasteiger partial charge is 0.458 e. The minimum Gasteiger partial charge on any atom is -0.458 e. The predicted octanol–water partition coefficient (Wildman–Crippen LogP) is 3.28. The summed E-state index contributed by atoms with van der Waals surface area (Å²) in [5, 5.41) is 0. The van der Waals surface area contributed by atoms with E-state index < -0.39 is 29.3 Å². The Kier molecular flexibility index (Phi) is 5.07. The Labute approximate surface area is 127 Å². The molecule has 1 aliphatic heterocycles. The molecule has 5 heteroatoms. The van der Waals surface area contributed by atoms with Gasteiger partial charge in [-0.05, 0) is 54.4 Å². The summed E-state index contributed by atoms with van der Waals surface area (Å²) in [7, 11) is 0. The normalized spacial score (nSPS) is 22.9. The van der Waals surface area contributed by atoms with Crippen LogP contribution in [0.3, 0.4) is 0 Å². The van der Waals surface area contributed by atoms with Crippen molar-refractivity contribution < 1.29 is 19.1 Å². The van der Waals surface area contributed by atoms with Crippen molar-refractivity contribution in [3.05, 3.63) is 12.7 Å². The minimum atomic E-state index is -0.609. The fraction of sp³-hybridized carbons (Fsp3) is 0.750. The minimum absolute atomic E-state index is 0.197. The van der Waals surface area contributed by atoms with Gasteiger partial charge in [0.15, 0.2) is 0 Å². The van der Waals surface area contributed by atoms with E-state index >= 15 is 0 Å². The fourth-order valence-corrected chi connectivity index (χ4v) is 2.25. The number of rotatable bonds is 2. The molecule has 1 amide bonds. The third kappa shape index (κ3) is 5.06. The molecule has 0 radical (unpaired) electrons. The van der Waals surface area contributed by atoms with Crippen molar-refractivity contribution in [2.75, 3.05) is 0 Å². The van der Waals surface area contributed by atoms with Crippen LogP contribution in [0, 0.1) is 0 Å². The van der Waals surface area contributed by atoms with Gasteiger partial charge in [0, 0.05) is 0 Å². The van der Waals surface area contributed by atoms with Crippen LogP contribution in [0.1, 0.15) is 54.4 Å². The highest BCUT2D eigenvalue weighted by atomic mass is 16.6. The molecule has 1 rings (SSSR count). The standard InChI is InChI=1S/C16H27NO4/c1-8-11-9-10-12(13(18)20-15(2,3)4)17(11)14(19)21-16(5,6)7/h8,11-12H,1,9-10H2,2-7H3/t11-,12+/m1/s1. The van der Waals surface area contributed by atoms with Gasteiger partial charge in [0.2, 0.25) is 0 Å². The van der Waals surface area contributed by atoms with Crippen molar-refractivity contribution in [3.8, 4) is 0 Å². The maximum atomic E-state index is 12.4. The lowest BCUT2D eigenvalue weighted by Gasteiger charge is -2.32. The van der Waals surface area contributed by atoms with Gasteiger partial charge >= 0.3 is 12.1 Å². The van der Waals surface area contributed by atoms with Crippen LogP contribution in [0.25, 0.3) is 0 Å². The molecule has 0 bridgehead atoms. The molecule has 2 atom stereocenters. The molecule has 0 aromatic heterocycles.